The minimum Gasteiger partial charge on any atom is -0.487 e. The molecule has 1 aliphatic heterocycles. The minimum atomic E-state index is -4.45. The number of pyridine rings is 1. The molecule has 0 saturated carbocycles. The lowest BCUT2D eigenvalue weighted by atomic mass is 10.0. The number of nitrogens with one attached hydrogen (secondary N) is 2. The zero-order chi connectivity index (χ0) is 32.3. The first-order chi connectivity index (χ1) is 21.0. The van der Waals surface area contributed by atoms with Gasteiger partial charge in [-0.3, -0.25) is 4.90 Å². The van der Waals surface area contributed by atoms with E-state index in [1.807, 2.05) is 65.2 Å². The van der Waals surface area contributed by atoms with Crippen molar-refractivity contribution < 1.29 is 17.9 Å². The van der Waals surface area contributed by atoms with Crippen molar-refractivity contribution >= 4 is 16.7 Å². The Bertz CT molecular complexity index is 1500. The zero-order valence-electron chi connectivity index (χ0n) is 26.4. The van der Waals surface area contributed by atoms with Crippen LogP contribution in [0.2, 0.25) is 0 Å². The van der Waals surface area contributed by atoms with Crippen molar-refractivity contribution in [2.24, 2.45) is 0 Å². The third kappa shape index (κ3) is 9.72. The Morgan fingerprint density at radius 1 is 1.02 bits per heavy atom. The average molecular weight is 608 g/mol. The fourth-order valence-corrected chi connectivity index (χ4v) is 4.77. The third-order valence-corrected chi connectivity index (χ3v) is 6.93. The molecule has 0 unspecified atom stereocenters. The molecular formula is C35H44F3N5O. The highest BCUT2D eigenvalue weighted by molar-refractivity contribution is 5.82. The molecule has 236 valence electrons. The molecule has 0 aliphatic carbocycles. The number of nitrogens with zero attached hydrogens (tertiary/aromatic N) is 3. The Morgan fingerprint density at radius 3 is 2.32 bits per heavy atom. The number of piperazine rings is 1. The van der Waals surface area contributed by atoms with Gasteiger partial charge in [0.1, 0.15) is 18.0 Å². The third-order valence-electron chi connectivity index (χ3n) is 6.93. The maximum absolute atomic E-state index is 13.9. The summed E-state index contributed by atoms with van der Waals surface area (Å²) in [6.07, 6.45) is -0.870. The van der Waals surface area contributed by atoms with Crippen molar-refractivity contribution in [3.63, 3.8) is 0 Å². The predicted octanol–water partition coefficient (Wildman–Crippen LogP) is 8.53. The van der Waals surface area contributed by atoms with Crippen molar-refractivity contribution in [3.8, 4) is 16.9 Å². The zero-order valence-corrected chi connectivity index (χ0v) is 26.4. The van der Waals surface area contributed by atoms with Crippen LogP contribution in [-0.2, 0) is 12.7 Å². The Morgan fingerprint density at radius 2 is 1.68 bits per heavy atom. The number of fused-ring (bicyclic) bond motifs is 1. The van der Waals surface area contributed by atoms with Crippen LogP contribution in [0, 0.1) is 6.92 Å². The first-order valence-corrected chi connectivity index (χ1v) is 14.9. The second kappa shape index (κ2) is 16.1. The average Bonchev–Trinajstić information content (AvgIpc) is 3.38. The fourth-order valence-electron chi connectivity index (χ4n) is 4.77. The van der Waals surface area contributed by atoms with Crippen LogP contribution in [0.5, 0.6) is 5.75 Å². The van der Waals surface area contributed by atoms with Gasteiger partial charge in [0.2, 0.25) is 0 Å². The van der Waals surface area contributed by atoms with Gasteiger partial charge >= 0.3 is 6.18 Å². The van der Waals surface area contributed by atoms with E-state index in [4.69, 9.17) is 4.74 Å². The number of aromatic nitrogens is 2. The van der Waals surface area contributed by atoms with Crippen LogP contribution in [0.3, 0.4) is 0 Å². The van der Waals surface area contributed by atoms with Gasteiger partial charge in [0.25, 0.3) is 0 Å². The SMILES string of the molecule is C=C(COc1ccc(-c2cnc3[nH]c(C)cc3c2)cc1)Nc1ccc(CN2CCN(C)CC2)c(C(F)(F)F)c1.C=CC.CC. The van der Waals surface area contributed by atoms with Gasteiger partial charge in [0.05, 0.1) is 5.56 Å². The lowest BCUT2D eigenvalue weighted by Gasteiger charge is -2.33. The molecule has 1 aliphatic rings. The number of alkyl halides is 3. The molecule has 9 heteroatoms. The van der Waals surface area contributed by atoms with E-state index in [9.17, 15) is 13.2 Å². The summed E-state index contributed by atoms with van der Waals surface area (Å²) in [6.45, 7) is 18.8. The first-order valence-electron chi connectivity index (χ1n) is 14.9. The van der Waals surface area contributed by atoms with E-state index in [2.05, 4.69) is 50.4 Å². The molecule has 4 aromatic rings. The van der Waals surface area contributed by atoms with Crippen molar-refractivity contribution in [1.82, 2.24) is 19.8 Å². The van der Waals surface area contributed by atoms with E-state index in [0.717, 1.165) is 60.1 Å². The molecule has 44 heavy (non-hydrogen) atoms. The molecule has 0 radical (unpaired) electrons. The number of rotatable bonds is 8. The smallest absolute Gasteiger partial charge is 0.416 e. The molecule has 3 heterocycles. The number of likely N-dealkylation sites (N-methyl/N-ethyl adjacent to an activating group) is 1. The lowest BCUT2D eigenvalue weighted by Crippen LogP contribution is -2.44. The molecule has 2 N–H and O–H groups in total. The molecule has 6 nitrogen and oxygen atoms in total. The van der Waals surface area contributed by atoms with Crippen molar-refractivity contribution in [2.45, 2.75) is 40.4 Å². The molecule has 1 saturated heterocycles. The summed E-state index contributed by atoms with van der Waals surface area (Å²) in [7, 11) is 2.02. The summed E-state index contributed by atoms with van der Waals surface area (Å²) in [5, 5.41) is 4.02. The molecule has 0 amide bonds. The standard InChI is InChI=1S/C30H32F3N5O.C3H6.C2H6/c1-20-14-24-15-25(17-34-29(24)36-20)22-5-8-27(9-6-22)39-19-21(2)35-26-7-4-23(28(16-26)30(31,32)33)18-38-12-10-37(3)11-13-38;1-3-2;1-2/h4-9,14-17,35H,2,10-13,18-19H2,1,3H3,(H,34,36);3H,1H2,2H3;1-2H3. The van der Waals surface area contributed by atoms with Gasteiger partial charge in [-0.25, -0.2) is 4.98 Å². The molecule has 0 bridgehead atoms. The molecule has 1 fully saturated rings. The Labute approximate surface area is 259 Å². The number of allylic oxidation sites excluding steroid dienone is 1. The second-order valence-electron chi connectivity index (χ2n) is 10.5. The predicted molar refractivity (Wildman–Crippen MR) is 176 cm³/mol. The van der Waals surface area contributed by atoms with Crippen LogP contribution in [0.4, 0.5) is 18.9 Å². The van der Waals surface area contributed by atoms with Crippen molar-refractivity contribution in [1.29, 1.82) is 0 Å². The summed E-state index contributed by atoms with van der Waals surface area (Å²) < 4.78 is 47.5. The van der Waals surface area contributed by atoms with Crippen LogP contribution in [-0.4, -0.2) is 59.6 Å². The second-order valence-corrected chi connectivity index (χ2v) is 10.5. The molecule has 2 aromatic heterocycles. The van der Waals surface area contributed by atoms with E-state index in [-0.39, 0.29) is 18.7 Å². The normalized spacial score (nSPS) is 13.7. The number of ether oxygens (including phenoxy) is 1. The maximum atomic E-state index is 13.9. The highest BCUT2D eigenvalue weighted by Gasteiger charge is 2.34. The Hall–Kier alpha value is -4.08. The van der Waals surface area contributed by atoms with Gasteiger partial charge in [-0.15, -0.1) is 6.58 Å². The maximum Gasteiger partial charge on any atom is 0.416 e. The van der Waals surface area contributed by atoms with E-state index in [0.29, 0.717) is 17.1 Å². The quantitative estimate of drug-likeness (QED) is 0.197. The molecule has 5 rings (SSSR count). The number of halogens is 3. The number of aryl methyl sites for hydroxylation is 1. The number of hydrogen-bond acceptors (Lipinski definition) is 5. The summed E-state index contributed by atoms with van der Waals surface area (Å²) >= 11 is 0. The highest BCUT2D eigenvalue weighted by Crippen LogP contribution is 2.35. The van der Waals surface area contributed by atoms with Gasteiger partial charge in [-0.05, 0) is 68.4 Å². The summed E-state index contributed by atoms with van der Waals surface area (Å²) in [4.78, 5) is 11.9. The van der Waals surface area contributed by atoms with Gasteiger partial charge in [-0.2, -0.15) is 13.2 Å². The van der Waals surface area contributed by atoms with Gasteiger partial charge in [0.15, 0.2) is 0 Å². The monoisotopic (exact) mass is 607 g/mol. The minimum absolute atomic E-state index is 0.111. The van der Waals surface area contributed by atoms with Crippen LogP contribution < -0.4 is 10.1 Å². The Kier molecular flexibility index (Phi) is 12.6. The number of aromatic amines is 1. The highest BCUT2D eigenvalue weighted by atomic mass is 19.4. The Balaban J connectivity index is 0.000000997. The first kappa shape index (κ1) is 34.4. The summed E-state index contributed by atoms with van der Waals surface area (Å²) in [5.41, 5.74) is 4.35. The number of anilines is 1. The molecule has 0 atom stereocenters. The van der Waals surface area contributed by atoms with E-state index < -0.39 is 11.7 Å². The summed E-state index contributed by atoms with van der Waals surface area (Å²) in [6, 6.07) is 16.1. The van der Waals surface area contributed by atoms with Crippen LogP contribution in [0.15, 0.2) is 85.7 Å². The molecule has 0 spiro atoms. The van der Waals surface area contributed by atoms with Crippen molar-refractivity contribution in [3.05, 3.63) is 103 Å². The largest absolute Gasteiger partial charge is 0.487 e. The lowest BCUT2D eigenvalue weighted by molar-refractivity contribution is -0.138. The van der Waals surface area contributed by atoms with E-state index in [1.165, 1.54) is 0 Å². The van der Waals surface area contributed by atoms with Crippen LogP contribution in [0.1, 0.15) is 37.6 Å². The number of benzene rings is 2. The van der Waals surface area contributed by atoms with Gasteiger partial charge < -0.3 is 19.9 Å². The van der Waals surface area contributed by atoms with Crippen LogP contribution >= 0.6 is 0 Å². The number of hydrogen-bond donors (Lipinski definition) is 2. The van der Waals surface area contributed by atoms with E-state index in [1.54, 1.807) is 18.2 Å². The fraction of sp³-hybridized carbons (Fsp3) is 0.343. The number of H-pyrrole nitrogens is 1. The summed E-state index contributed by atoms with van der Waals surface area (Å²) in [5.74, 6) is 0.631. The van der Waals surface area contributed by atoms with E-state index >= 15 is 0 Å². The topological polar surface area (TPSA) is 56.4 Å². The van der Waals surface area contributed by atoms with Gasteiger partial charge in [-0.1, -0.05) is 44.7 Å². The molecular weight excluding hydrogens is 563 g/mol. The van der Waals surface area contributed by atoms with Gasteiger partial charge in [0, 0.05) is 66.9 Å². The van der Waals surface area contributed by atoms with Crippen LogP contribution in [0.25, 0.3) is 22.2 Å². The van der Waals surface area contributed by atoms with Crippen molar-refractivity contribution in [2.75, 3.05) is 45.2 Å². The molecule has 2 aromatic carbocycles.